The van der Waals surface area contributed by atoms with Crippen LogP contribution in [-0.4, -0.2) is 31.1 Å². The van der Waals surface area contributed by atoms with Crippen LogP contribution in [0.3, 0.4) is 0 Å². The molecule has 1 unspecified atom stereocenters. The molecular formula is C15H19NO4. The van der Waals surface area contributed by atoms with Crippen molar-refractivity contribution < 1.29 is 19.4 Å². The molecule has 0 spiro atoms. The van der Waals surface area contributed by atoms with E-state index in [1.165, 1.54) is 12.0 Å². The Hall–Kier alpha value is -1.88. The third kappa shape index (κ3) is 1.98. The quantitative estimate of drug-likeness (QED) is 0.849. The number of benzene rings is 1. The number of hydrogen-bond acceptors (Lipinski definition) is 4. The zero-order valence-electron chi connectivity index (χ0n) is 12.1. The van der Waals surface area contributed by atoms with E-state index >= 15 is 0 Å². The van der Waals surface area contributed by atoms with Gasteiger partial charge in [0.1, 0.15) is 0 Å². The highest BCUT2D eigenvalue weighted by molar-refractivity contribution is 6.06. The molecule has 0 saturated carbocycles. The summed E-state index contributed by atoms with van der Waals surface area (Å²) in [6.45, 7) is 3.32. The molecule has 1 aliphatic rings. The SMILES string of the molecule is COC(=O)C(C)(C)CC1(O)C(=O)N(C)c2ccccc21. The predicted octanol–water partition coefficient (Wildman–Crippen LogP) is 1.44. The zero-order chi connectivity index (χ0) is 15.1. The van der Waals surface area contributed by atoms with Gasteiger partial charge in [0.25, 0.3) is 5.91 Å². The molecule has 1 heterocycles. The van der Waals surface area contributed by atoms with E-state index in [0.29, 0.717) is 11.3 Å². The predicted molar refractivity (Wildman–Crippen MR) is 74.2 cm³/mol. The van der Waals surface area contributed by atoms with Crippen molar-refractivity contribution in [2.45, 2.75) is 25.9 Å². The van der Waals surface area contributed by atoms with Crippen molar-refractivity contribution in [3.8, 4) is 0 Å². The molecule has 1 aromatic rings. The summed E-state index contributed by atoms with van der Waals surface area (Å²) >= 11 is 0. The number of methoxy groups -OCH3 is 1. The van der Waals surface area contributed by atoms with E-state index in [4.69, 9.17) is 4.74 Å². The lowest BCUT2D eigenvalue weighted by molar-refractivity contribution is -0.157. The van der Waals surface area contributed by atoms with Crippen LogP contribution < -0.4 is 4.90 Å². The Labute approximate surface area is 118 Å². The fourth-order valence-electron chi connectivity index (χ4n) is 2.78. The molecule has 0 aromatic heterocycles. The molecule has 1 N–H and O–H groups in total. The van der Waals surface area contributed by atoms with Gasteiger partial charge in [-0.05, 0) is 19.9 Å². The third-order valence-corrected chi connectivity index (χ3v) is 3.81. The maximum absolute atomic E-state index is 12.4. The molecule has 20 heavy (non-hydrogen) atoms. The maximum atomic E-state index is 12.4. The second-order valence-electron chi connectivity index (χ2n) is 5.79. The van der Waals surface area contributed by atoms with Crippen LogP contribution in [0.25, 0.3) is 0 Å². The lowest BCUT2D eigenvalue weighted by Crippen LogP contribution is -2.44. The Bertz CT molecular complexity index is 567. The average molecular weight is 277 g/mol. The normalized spacial score (nSPS) is 21.9. The van der Waals surface area contributed by atoms with E-state index in [1.54, 1.807) is 45.2 Å². The van der Waals surface area contributed by atoms with Gasteiger partial charge in [-0.3, -0.25) is 9.59 Å². The lowest BCUT2D eigenvalue weighted by atomic mass is 9.77. The van der Waals surface area contributed by atoms with E-state index < -0.39 is 22.9 Å². The highest BCUT2D eigenvalue weighted by atomic mass is 16.5. The van der Waals surface area contributed by atoms with Crippen LogP contribution in [0.15, 0.2) is 24.3 Å². The number of para-hydroxylation sites is 1. The fraction of sp³-hybridized carbons (Fsp3) is 0.467. The number of ether oxygens (including phenoxy) is 1. The molecule has 1 amide bonds. The molecule has 1 aliphatic heterocycles. The summed E-state index contributed by atoms with van der Waals surface area (Å²) in [5.41, 5.74) is -1.45. The van der Waals surface area contributed by atoms with Crippen molar-refractivity contribution in [2.75, 3.05) is 19.1 Å². The Morgan fingerprint density at radius 1 is 1.40 bits per heavy atom. The van der Waals surface area contributed by atoms with Crippen LogP contribution in [0.2, 0.25) is 0 Å². The molecule has 1 aromatic carbocycles. The lowest BCUT2D eigenvalue weighted by Gasteiger charge is -2.30. The molecule has 0 saturated heterocycles. The Balaban J connectivity index is 2.45. The van der Waals surface area contributed by atoms with E-state index in [2.05, 4.69) is 0 Å². The van der Waals surface area contributed by atoms with Gasteiger partial charge in [-0.25, -0.2) is 0 Å². The van der Waals surface area contributed by atoms with Gasteiger partial charge >= 0.3 is 5.97 Å². The van der Waals surface area contributed by atoms with Gasteiger partial charge < -0.3 is 14.7 Å². The number of fused-ring (bicyclic) bond motifs is 1. The van der Waals surface area contributed by atoms with Crippen LogP contribution in [0.5, 0.6) is 0 Å². The number of anilines is 1. The van der Waals surface area contributed by atoms with Gasteiger partial charge in [0, 0.05) is 19.0 Å². The number of aliphatic hydroxyl groups is 1. The summed E-state index contributed by atoms with van der Waals surface area (Å²) < 4.78 is 4.75. The zero-order valence-corrected chi connectivity index (χ0v) is 12.1. The average Bonchev–Trinajstić information content (AvgIpc) is 2.60. The first-order valence-corrected chi connectivity index (χ1v) is 6.42. The number of likely N-dealkylation sites (N-methyl/N-ethyl adjacent to an activating group) is 1. The first kappa shape index (κ1) is 14.5. The van der Waals surface area contributed by atoms with Gasteiger partial charge in [-0.2, -0.15) is 0 Å². The monoisotopic (exact) mass is 277 g/mol. The minimum Gasteiger partial charge on any atom is -0.469 e. The number of rotatable bonds is 3. The van der Waals surface area contributed by atoms with E-state index in [1.807, 2.05) is 0 Å². The number of amides is 1. The fourth-order valence-corrected chi connectivity index (χ4v) is 2.78. The third-order valence-electron chi connectivity index (χ3n) is 3.81. The summed E-state index contributed by atoms with van der Waals surface area (Å²) in [4.78, 5) is 25.6. The minimum absolute atomic E-state index is 0.0210. The van der Waals surface area contributed by atoms with Crippen molar-refractivity contribution in [3.05, 3.63) is 29.8 Å². The number of carbonyl (C=O) groups excluding carboxylic acids is 2. The molecule has 1 atom stereocenters. The van der Waals surface area contributed by atoms with E-state index in [-0.39, 0.29) is 6.42 Å². The highest BCUT2D eigenvalue weighted by Gasteiger charge is 2.52. The molecule has 5 heteroatoms. The molecular weight excluding hydrogens is 258 g/mol. The van der Waals surface area contributed by atoms with Crippen LogP contribution in [0.4, 0.5) is 5.69 Å². The Kier molecular flexibility index (Phi) is 3.34. The van der Waals surface area contributed by atoms with Crippen molar-refractivity contribution in [1.82, 2.24) is 0 Å². The minimum atomic E-state index is -1.69. The summed E-state index contributed by atoms with van der Waals surface area (Å²) in [5, 5.41) is 10.9. The van der Waals surface area contributed by atoms with Gasteiger partial charge in [-0.1, -0.05) is 18.2 Å². The number of carbonyl (C=O) groups is 2. The molecule has 108 valence electrons. The van der Waals surface area contributed by atoms with Crippen molar-refractivity contribution in [2.24, 2.45) is 5.41 Å². The largest absolute Gasteiger partial charge is 0.469 e. The maximum Gasteiger partial charge on any atom is 0.311 e. The molecule has 0 bridgehead atoms. The van der Waals surface area contributed by atoms with Crippen LogP contribution in [0, 0.1) is 5.41 Å². The Morgan fingerprint density at radius 2 is 2.00 bits per heavy atom. The van der Waals surface area contributed by atoms with Crippen molar-refractivity contribution in [3.63, 3.8) is 0 Å². The van der Waals surface area contributed by atoms with Gasteiger partial charge in [0.15, 0.2) is 5.60 Å². The van der Waals surface area contributed by atoms with Crippen LogP contribution >= 0.6 is 0 Å². The van der Waals surface area contributed by atoms with Gasteiger partial charge in [0.05, 0.1) is 18.2 Å². The molecule has 2 rings (SSSR count). The summed E-state index contributed by atoms with van der Waals surface area (Å²) in [6, 6.07) is 7.06. The highest BCUT2D eigenvalue weighted by Crippen LogP contribution is 2.45. The second-order valence-corrected chi connectivity index (χ2v) is 5.79. The van der Waals surface area contributed by atoms with Crippen molar-refractivity contribution in [1.29, 1.82) is 0 Å². The summed E-state index contributed by atoms with van der Waals surface area (Å²) in [7, 11) is 2.91. The van der Waals surface area contributed by atoms with E-state index in [0.717, 1.165) is 0 Å². The number of nitrogens with zero attached hydrogens (tertiary/aromatic N) is 1. The topological polar surface area (TPSA) is 66.8 Å². The van der Waals surface area contributed by atoms with Crippen LogP contribution in [-0.2, 0) is 19.9 Å². The molecule has 0 radical (unpaired) electrons. The Morgan fingerprint density at radius 3 is 2.60 bits per heavy atom. The molecule has 5 nitrogen and oxygen atoms in total. The number of hydrogen-bond donors (Lipinski definition) is 1. The van der Waals surface area contributed by atoms with Gasteiger partial charge in [-0.15, -0.1) is 0 Å². The smallest absolute Gasteiger partial charge is 0.311 e. The van der Waals surface area contributed by atoms with Crippen LogP contribution in [0.1, 0.15) is 25.8 Å². The summed E-state index contributed by atoms with van der Waals surface area (Å²) in [6.07, 6.45) is -0.0210. The first-order chi connectivity index (χ1) is 9.24. The van der Waals surface area contributed by atoms with E-state index in [9.17, 15) is 14.7 Å². The first-order valence-electron chi connectivity index (χ1n) is 6.42. The second kappa shape index (κ2) is 4.59. The summed E-state index contributed by atoms with van der Waals surface area (Å²) in [5.74, 6) is -0.874. The number of esters is 1. The standard InChI is InChI=1S/C15H19NO4/c1-14(2,13(18)20-4)9-15(19)10-7-5-6-8-11(10)16(3)12(15)17/h5-8,19H,9H2,1-4H3. The molecule has 0 fully saturated rings. The van der Waals surface area contributed by atoms with Gasteiger partial charge in [0.2, 0.25) is 0 Å². The molecule has 0 aliphatic carbocycles. The van der Waals surface area contributed by atoms with Crippen molar-refractivity contribution >= 4 is 17.6 Å².